The Hall–Kier alpha value is -3.20. The van der Waals surface area contributed by atoms with Gasteiger partial charge in [-0.2, -0.15) is 9.36 Å². The molecule has 3 atom stereocenters. The average Bonchev–Trinajstić information content (AvgIpc) is 3.10. The number of thioether (sulfide) groups is 1. The van der Waals surface area contributed by atoms with Crippen molar-refractivity contribution in [3.8, 4) is 0 Å². The minimum atomic E-state index is -1.23. The fourth-order valence-corrected chi connectivity index (χ4v) is 4.32. The quantitative estimate of drug-likeness (QED) is 0.214. The molecule has 0 spiro atoms. The Kier molecular flexibility index (Phi) is 6.21. The van der Waals surface area contributed by atoms with E-state index in [1.807, 2.05) is 0 Å². The predicted octanol–water partition coefficient (Wildman–Crippen LogP) is -0.927. The van der Waals surface area contributed by atoms with Crippen molar-refractivity contribution in [1.29, 1.82) is 0 Å². The first kappa shape index (κ1) is 21.5. The molecule has 0 bridgehead atoms. The second-order valence-corrected chi connectivity index (χ2v) is 8.12. The number of anilines is 1. The van der Waals surface area contributed by atoms with Crippen LogP contribution in [0.1, 0.15) is 19.2 Å². The Morgan fingerprint density at radius 3 is 2.80 bits per heavy atom. The van der Waals surface area contributed by atoms with E-state index in [0.29, 0.717) is 5.75 Å². The number of carbonyl (C=O) groups excluding carboxylic acids is 2. The van der Waals surface area contributed by atoms with Crippen LogP contribution in [0, 0.1) is 0 Å². The van der Waals surface area contributed by atoms with Gasteiger partial charge in [-0.1, -0.05) is 5.16 Å². The van der Waals surface area contributed by atoms with E-state index in [4.69, 9.17) is 15.7 Å². The average molecular weight is 456 g/mol. The first-order valence-electron chi connectivity index (χ1n) is 8.43. The van der Waals surface area contributed by atoms with Crippen LogP contribution in [0.25, 0.3) is 0 Å². The molecule has 2 amide bonds. The lowest BCUT2D eigenvalue weighted by Gasteiger charge is -2.48. The zero-order valence-electron chi connectivity index (χ0n) is 15.3. The van der Waals surface area contributed by atoms with Gasteiger partial charge in [0.25, 0.3) is 11.8 Å². The second-order valence-electron chi connectivity index (χ2n) is 6.19. The largest absolute Gasteiger partial charge is 0.481 e. The standard InChI is InChI=1S/C15H16N6O7S2/c1-5(4-7(22)23)28-19-8(10-18-15(16)30-20-10)11(24)17-9-12(25)21-6(14(26)27)2-3-29-13(9)21/h2,5,9,13H,3-4H2,1H3,(H,17,24)(H,22,23)(H,26,27)(H2,16,18,20)/t5?,9-,13-/m1/s1. The van der Waals surface area contributed by atoms with E-state index in [1.165, 1.54) is 24.8 Å². The van der Waals surface area contributed by atoms with Crippen molar-refractivity contribution in [2.24, 2.45) is 5.16 Å². The number of carboxylic acid groups (broad SMARTS) is 2. The van der Waals surface area contributed by atoms with Crippen molar-refractivity contribution in [2.75, 3.05) is 11.5 Å². The SMILES string of the molecule is CC(CC(=O)O)ON=C(C(=O)N[C@@H]1C(=O)N2C(C(=O)O)=CCS[C@H]12)c1nsc(N)n1. The van der Waals surface area contributed by atoms with E-state index in [-0.39, 0.29) is 28.8 Å². The highest BCUT2D eigenvalue weighted by molar-refractivity contribution is 8.00. The number of aliphatic carboxylic acids is 2. The van der Waals surface area contributed by atoms with Crippen molar-refractivity contribution in [1.82, 2.24) is 19.6 Å². The van der Waals surface area contributed by atoms with Crippen LogP contribution in [0.15, 0.2) is 16.9 Å². The Balaban J connectivity index is 1.76. The molecule has 0 aromatic carbocycles. The Bertz CT molecular complexity index is 961. The summed E-state index contributed by atoms with van der Waals surface area (Å²) < 4.78 is 3.89. The fraction of sp³-hybridized carbons (Fsp3) is 0.400. The summed E-state index contributed by atoms with van der Waals surface area (Å²) in [5.41, 5.74) is 5.02. The molecule has 1 saturated heterocycles. The minimum Gasteiger partial charge on any atom is -0.481 e. The molecule has 1 fully saturated rings. The molecule has 5 N–H and O–H groups in total. The van der Waals surface area contributed by atoms with Crippen LogP contribution in [0.5, 0.6) is 0 Å². The third-order valence-electron chi connectivity index (χ3n) is 4.01. The lowest BCUT2D eigenvalue weighted by Crippen LogP contribution is -2.70. The molecule has 160 valence electrons. The lowest BCUT2D eigenvalue weighted by atomic mass is 10.0. The van der Waals surface area contributed by atoms with E-state index in [9.17, 15) is 24.3 Å². The molecule has 1 aromatic heterocycles. The Morgan fingerprint density at radius 2 is 2.20 bits per heavy atom. The van der Waals surface area contributed by atoms with E-state index < -0.39 is 41.3 Å². The zero-order valence-corrected chi connectivity index (χ0v) is 17.0. The van der Waals surface area contributed by atoms with Crippen molar-refractivity contribution >= 4 is 57.9 Å². The highest BCUT2D eigenvalue weighted by Crippen LogP contribution is 2.37. The number of aromatic nitrogens is 2. The number of β-lactam (4-membered cyclic amide) rings is 1. The molecule has 3 heterocycles. The van der Waals surface area contributed by atoms with Gasteiger partial charge in [0.05, 0.1) is 6.42 Å². The molecule has 2 aliphatic rings. The fourth-order valence-electron chi connectivity index (χ4n) is 2.69. The van der Waals surface area contributed by atoms with Gasteiger partial charge in [-0.25, -0.2) is 4.79 Å². The molecule has 1 aromatic rings. The molecule has 30 heavy (non-hydrogen) atoms. The van der Waals surface area contributed by atoms with Crippen LogP contribution < -0.4 is 11.1 Å². The maximum absolute atomic E-state index is 12.8. The number of oxime groups is 1. The molecular formula is C15H16N6O7S2. The molecule has 13 nitrogen and oxygen atoms in total. The molecule has 2 aliphatic heterocycles. The lowest BCUT2D eigenvalue weighted by molar-refractivity contribution is -0.150. The maximum Gasteiger partial charge on any atom is 0.352 e. The number of nitrogens with two attached hydrogens (primary N) is 1. The highest BCUT2D eigenvalue weighted by atomic mass is 32.2. The first-order valence-corrected chi connectivity index (χ1v) is 10.3. The van der Waals surface area contributed by atoms with Crippen molar-refractivity contribution in [3.05, 3.63) is 17.6 Å². The van der Waals surface area contributed by atoms with Gasteiger partial charge in [-0.15, -0.1) is 11.8 Å². The monoisotopic (exact) mass is 456 g/mol. The Morgan fingerprint density at radius 1 is 1.47 bits per heavy atom. The molecule has 15 heteroatoms. The smallest absolute Gasteiger partial charge is 0.352 e. The van der Waals surface area contributed by atoms with Gasteiger partial charge >= 0.3 is 11.9 Å². The van der Waals surface area contributed by atoms with E-state index in [0.717, 1.165) is 16.4 Å². The summed E-state index contributed by atoms with van der Waals surface area (Å²) in [6, 6.07) is -0.983. The van der Waals surface area contributed by atoms with Gasteiger partial charge in [0.1, 0.15) is 23.2 Å². The summed E-state index contributed by atoms with van der Waals surface area (Å²) in [5, 5.41) is 23.6. The summed E-state index contributed by atoms with van der Waals surface area (Å²) in [4.78, 5) is 57.2. The summed E-state index contributed by atoms with van der Waals surface area (Å²) in [6.45, 7) is 1.45. The number of fused-ring (bicyclic) bond motifs is 1. The van der Waals surface area contributed by atoms with Crippen molar-refractivity contribution < 1.29 is 34.2 Å². The molecule has 0 saturated carbocycles. The normalized spacial score (nSPS) is 21.8. The number of carboxylic acids is 2. The van der Waals surface area contributed by atoms with Crippen molar-refractivity contribution in [3.63, 3.8) is 0 Å². The van der Waals surface area contributed by atoms with Crippen LogP contribution in [0.4, 0.5) is 5.13 Å². The van der Waals surface area contributed by atoms with E-state index in [1.54, 1.807) is 0 Å². The van der Waals surface area contributed by atoms with Crippen LogP contribution in [0.3, 0.4) is 0 Å². The van der Waals surface area contributed by atoms with Gasteiger partial charge in [-0.05, 0) is 13.0 Å². The van der Waals surface area contributed by atoms with Gasteiger partial charge in [0.15, 0.2) is 5.13 Å². The summed E-state index contributed by atoms with van der Waals surface area (Å²) in [5.74, 6) is -3.56. The first-order chi connectivity index (χ1) is 14.2. The number of amides is 2. The number of hydrogen-bond donors (Lipinski definition) is 4. The third-order valence-corrected chi connectivity index (χ3v) is 5.73. The van der Waals surface area contributed by atoms with Gasteiger partial charge in [0.2, 0.25) is 11.5 Å². The van der Waals surface area contributed by atoms with Crippen LogP contribution >= 0.6 is 23.3 Å². The topological polar surface area (TPSA) is 197 Å². The minimum absolute atomic E-state index is 0.0639. The van der Waals surface area contributed by atoms with Gasteiger partial charge in [0, 0.05) is 17.3 Å². The number of hydrogen-bond acceptors (Lipinski definition) is 11. The highest BCUT2D eigenvalue weighted by Gasteiger charge is 2.53. The summed E-state index contributed by atoms with van der Waals surface area (Å²) in [7, 11) is 0. The molecule has 0 radical (unpaired) electrons. The molecule has 3 rings (SSSR count). The zero-order chi connectivity index (χ0) is 22.0. The number of rotatable bonds is 8. The van der Waals surface area contributed by atoms with Crippen LogP contribution in [0.2, 0.25) is 0 Å². The van der Waals surface area contributed by atoms with Crippen molar-refractivity contribution in [2.45, 2.75) is 30.9 Å². The second kappa shape index (κ2) is 8.66. The third kappa shape index (κ3) is 4.35. The van der Waals surface area contributed by atoms with Gasteiger partial charge in [-0.3, -0.25) is 19.3 Å². The van der Waals surface area contributed by atoms with E-state index in [2.05, 4.69) is 19.8 Å². The summed E-state index contributed by atoms with van der Waals surface area (Å²) in [6.07, 6.45) is 0.218. The maximum atomic E-state index is 12.8. The number of nitrogen functional groups attached to an aromatic ring is 1. The molecule has 1 unspecified atom stereocenters. The number of carbonyl (C=O) groups is 4. The molecular weight excluding hydrogens is 440 g/mol. The number of nitrogens with zero attached hydrogens (tertiary/aromatic N) is 4. The van der Waals surface area contributed by atoms with Gasteiger partial charge < -0.3 is 26.1 Å². The predicted molar refractivity (Wildman–Crippen MR) is 104 cm³/mol. The van der Waals surface area contributed by atoms with Crippen LogP contribution in [-0.4, -0.2) is 77.2 Å². The van der Waals surface area contributed by atoms with E-state index >= 15 is 0 Å². The number of nitrogens with one attached hydrogen (secondary N) is 1. The molecule has 0 aliphatic carbocycles. The van der Waals surface area contributed by atoms with Crippen LogP contribution in [-0.2, 0) is 24.0 Å². The summed E-state index contributed by atoms with van der Waals surface area (Å²) >= 11 is 2.10. The Labute approximate surface area is 177 Å².